The fourth-order valence-electron chi connectivity index (χ4n) is 1.88. The van der Waals surface area contributed by atoms with Crippen LogP contribution in [0.1, 0.15) is 26.3 Å². The first kappa shape index (κ1) is 13.2. The molecule has 0 bridgehead atoms. The third-order valence-corrected chi connectivity index (χ3v) is 2.68. The van der Waals surface area contributed by atoms with Gasteiger partial charge >= 0.3 is 0 Å². The molecule has 1 heterocycles. The van der Waals surface area contributed by atoms with Gasteiger partial charge in [0.25, 0.3) is 0 Å². The summed E-state index contributed by atoms with van der Waals surface area (Å²) >= 11 is 0. The molecule has 1 aromatic rings. The van der Waals surface area contributed by atoms with Crippen LogP contribution in [0.4, 0.5) is 0 Å². The maximum Gasteiger partial charge on any atom is 0.0703 e. The molecule has 2 atom stereocenters. The van der Waals surface area contributed by atoms with Crippen molar-refractivity contribution in [1.82, 2.24) is 15.1 Å². The average Bonchev–Trinajstić information content (AvgIpc) is 2.64. The minimum atomic E-state index is 0.227. The van der Waals surface area contributed by atoms with Gasteiger partial charge in [-0.2, -0.15) is 5.10 Å². The quantitative estimate of drug-likeness (QED) is 0.761. The van der Waals surface area contributed by atoms with Crippen LogP contribution in [0.15, 0.2) is 12.4 Å². The summed E-state index contributed by atoms with van der Waals surface area (Å²) in [6.07, 6.45) is 5.17. The maximum atomic E-state index is 5.65. The lowest BCUT2D eigenvalue weighted by Crippen LogP contribution is -2.41. The van der Waals surface area contributed by atoms with E-state index in [9.17, 15) is 0 Å². The van der Waals surface area contributed by atoms with Gasteiger partial charge in [-0.25, -0.2) is 0 Å². The van der Waals surface area contributed by atoms with Crippen molar-refractivity contribution in [2.45, 2.75) is 39.3 Å². The van der Waals surface area contributed by atoms with E-state index in [1.807, 2.05) is 24.9 Å². The molecule has 0 saturated heterocycles. The Balaban J connectivity index is 2.56. The smallest absolute Gasteiger partial charge is 0.0703 e. The second-order valence-corrected chi connectivity index (χ2v) is 4.05. The van der Waals surface area contributed by atoms with E-state index in [4.69, 9.17) is 4.74 Å². The first-order chi connectivity index (χ1) is 7.67. The molecule has 16 heavy (non-hydrogen) atoms. The zero-order valence-corrected chi connectivity index (χ0v) is 10.7. The van der Waals surface area contributed by atoms with E-state index in [-0.39, 0.29) is 6.10 Å². The van der Waals surface area contributed by atoms with Crippen molar-refractivity contribution in [1.29, 1.82) is 0 Å². The van der Waals surface area contributed by atoms with E-state index in [0.717, 1.165) is 19.6 Å². The van der Waals surface area contributed by atoms with Gasteiger partial charge in [0, 0.05) is 25.9 Å². The molecule has 4 nitrogen and oxygen atoms in total. The summed E-state index contributed by atoms with van der Waals surface area (Å²) in [5.74, 6) is 0. The highest BCUT2D eigenvalue weighted by atomic mass is 16.5. The molecule has 1 N–H and O–H groups in total. The van der Waals surface area contributed by atoms with Gasteiger partial charge in [0.05, 0.1) is 12.3 Å². The second kappa shape index (κ2) is 6.66. The van der Waals surface area contributed by atoms with Gasteiger partial charge in [0.15, 0.2) is 0 Å². The Morgan fingerprint density at radius 1 is 1.50 bits per heavy atom. The van der Waals surface area contributed by atoms with E-state index in [0.29, 0.717) is 6.04 Å². The predicted octanol–water partition coefficient (Wildman–Crippen LogP) is 1.37. The molecule has 0 amide bonds. The van der Waals surface area contributed by atoms with Crippen LogP contribution in [0, 0.1) is 0 Å². The third-order valence-electron chi connectivity index (χ3n) is 2.68. The van der Waals surface area contributed by atoms with Crippen molar-refractivity contribution >= 4 is 0 Å². The molecule has 0 radical (unpaired) electrons. The number of aryl methyl sites for hydroxylation is 1. The van der Waals surface area contributed by atoms with Crippen molar-refractivity contribution in [3.63, 3.8) is 0 Å². The number of ether oxygens (including phenoxy) is 1. The van der Waals surface area contributed by atoms with Gasteiger partial charge in [-0.05, 0) is 32.4 Å². The van der Waals surface area contributed by atoms with Crippen LogP contribution in [-0.4, -0.2) is 35.1 Å². The molecular formula is C12H23N3O. The van der Waals surface area contributed by atoms with Crippen molar-refractivity contribution in [3.8, 4) is 0 Å². The molecule has 0 fully saturated rings. The van der Waals surface area contributed by atoms with Crippen LogP contribution in [0.5, 0.6) is 0 Å². The van der Waals surface area contributed by atoms with Crippen molar-refractivity contribution in [2.75, 3.05) is 13.2 Å². The molecule has 0 aromatic carbocycles. The Morgan fingerprint density at radius 2 is 2.25 bits per heavy atom. The Hall–Kier alpha value is -0.870. The molecule has 92 valence electrons. The van der Waals surface area contributed by atoms with Crippen LogP contribution >= 0.6 is 0 Å². The maximum absolute atomic E-state index is 5.65. The van der Waals surface area contributed by atoms with E-state index < -0.39 is 0 Å². The minimum absolute atomic E-state index is 0.227. The molecule has 2 unspecified atom stereocenters. The Kier molecular flexibility index (Phi) is 5.49. The molecule has 4 heteroatoms. The van der Waals surface area contributed by atoms with Gasteiger partial charge in [0.1, 0.15) is 0 Å². The van der Waals surface area contributed by atoms with E-state index in [2.05, 4.69) is 30.5 Å². The van der Waals surface area contributed by atoms with Crippen molar-refractivity contribution in [2.24, 2.45) is 7.05 Å². The molecule has 1 rings (SSSR count). The van der Waals surface area contributed by atoms with E-state index in [1.54, 1.807) is 0 Å². The van der Waals surface area contributed by atoms with Crippen molar-refractivity contribution < 1.29 is 4.74 Å². The number of likely N-dealkylation sites (N-methyl/N-ethyl adjacent to an activating group) is 1. The van der Waals surface area contributed by atoms with Crippen LogP contribution < -0.4 is 5.32 Å². The van der Waals surface area contributed by atoms with Crippen LogP contribution in [0.3, 0.4) is 0 Å². The summed E-state index contributed by atoms with van der Waals surface area (Å²) in [6, 6.07) is 0.356. The highest BCUT2D eigenvalue weighted by molar-refractivity contribution is 5.06. The van der Waals surface area contributed by atoms with Crippen molar-refractivity contribution in [3.05, 3.63) is 18.0 Å². The first-order valence-corrected chi connectivity index (χ1v) is 5.99. The van der Waals surface area contributed by atoms with Crippen LogP contribution in [0.25, 0.3) is 0 Å². The summed E-state index contributed by atoms with van der Waals surface area (Å²) in [5, 5.41) is 7.65. The van der Waals surface area contributed by atoms with Gasteiger partial charge in [-0.1, -0.05) is 6.92 Å². The summed E-state index contributed by atoms with van der Waals surface area (Å²) in [5.41, 5.74) is 1.25. The topological polar surface area (TPSA) is 39.1 Å². The summed E-state index contributed by atoms with van der Waals surface area (Å²) in [4.78, 5) is 0. The predicted molar refractivity (Wildman–Crippen MR) is 65.5 cm³/mol. The third kappa shape index (κ3) is 3.94. The van der Waals surface area contributed by atoms with E-state index in [1.165, 1.54) is 5.56 Å². The number of hydrogen-bond acceptors (Lipinski definition) is 3. The van der Waals surface area contributed by atoms with Gasteiger partial charge in [-0.3, -0.25) is 4.68 Å². The molecule has 0 spiro atoms. The number of nitrogens with zero attached hydrogens (tertiary/aromatic N) is 2. The SMILES string of the molecule is CCNC(Cc1cnn(C)c1)C(C)OCC. The second-order valence-electron chi connectivity index (χ2n) is 4.05. The molecular weight excluding hydrogens is 202 g/mol. The van der Waals surface area contributed by atoms with E-state index >= 15 is 0 Å². The van der Waals surface area contributed by atoms with Gasteiger partial charge in [-0.15, -0.1) is 0 Å². The fraction of sp³-hybridized carbons (Fsp3) is 0.750. The number of rotatable bonds is 7. The minimum Gasteiger partial charge on any atom is -0.377 e. The number of nitrogens with one attached hydrogen (secondary N) is 1. The molecule has 0 saturated carbocycles. The lowest BCUT2D eigenvalue weighted by Gasteiger charge is -2.24. The first-order valence-electron chi connectivity index (χ1n) is 5.99. The Labute approximate surface area is 98.0 Å². The lowest BCUT2D eigenvalue weighted by molar-refractivity contribution is 0.0480. The summed E-state index contributed by atoms with van der Waals surface area (Å²) in [7, 11) is 1.94. The number of hydrogen-bond donors (Lipinski definition) is 1. The Morgan fingerprint density at radius 3 is 2.75 bits per heavy atom. The fourth-order valence-corrected chi connectivity index (χ4v) is 1.88. The molecule has 1 aromatic heterocycles. The van der Waals surface area contributed by atoms with Crippen LogP contribution in [-0.2, 0) is 18.2 Å². The summed E-state index contributed by atoms with van der Waals surface area (Å²) < 4.78 is 7.48. The highest BCUT2D eigenvalue weighted by Gasteiger charge is 2.17. The standard InChI is InChI=1S/C12H23N3O/c1-5-13-12(10(3)16-6-2)7-11-8-14-15(4)9-11/h8-10,12-13H,5-7H2,1-4H3. The highest BCUT2D eigenvalue weighted by Crippen LogP contribution is 2.07. The lowest BCUT2D eigenvalue weighted by atomic mass is 10.0. The summed E-state index contributed by atoms with van der Waals surface area (Å²) in [6.45, 7) is 7.99. The van der Waals surface area contributed by atoms with Crippen LogP contribution in [0.2, 0.25) is 0 Å². The van der Waals surface area contributed by atoms with Gasteiger partial charge in [0.2, 0.25) is 0 Å². The molecule has 0 aliphatic heterocycles. The largest absolute Gasteiger partial charge is 0.377 e. The average molecular weight is 225 g/mol. The molecule has 0 aliphatic carbocycles. The van der Waals surface area contributed by atoms with Gasteiger partial charge < -0.3 is 10.1 Å². The Bertz CT molecular complexity index is 298. The zero-order chi connectivity index (χ0) is 12.0. The molecule has 0 aliphatic rings. The zero-order valence-electron chi connectivity index (χ0n) is 10.7. The monoisotopic (exact) mass is 225 g/mol. The number of aromatic nitrogens is 2. The normalized spacial score (nSPS) is 15.0.